The van der Waals surface area contributed by atoms with E-state index in [1.54, 1.807) is 18.2 Å². The van der Waals surface area contributed by atoms with Crippen molar-refractivity contribution in [1.29, 1.82) is 0 Å². The summed E-state index contributed by atoms with van der Waals surface area (Å²) >= 11 is 0. The van der Waals surface area contributed by atoms with Gasteiger partial charge in [-0.3, -0.25) is 0 Å². The third-order valence-electron chi connectivity index (χ3n) is 4.89. The van der Waals surface area contributed by atoms with E-state index in [2.05, 4.69) is 0 Å². The van der Waals surface area contributed by atoms with Crippen molar-refractivity contribution in [2.45, 2.75) is 42.6 Å². The van der Waals surface area contributed by atoms with Gasteiger partial charge in [-0.15, -0.1) is 0 Å². The first-order valence-corrected chi connectivity index (χ1v) is 8.94. The van der Waals surface area contributed by atoms with Crippen molar-refractivity contribution in [2.24, 2.45) is 5.92 Å². The van der Waals surface area contributed by atoms with Crippen LogP contribution in [-0.4, -0.2) is 36.5 Å². The molecule has 1 saturated heterocycles. The first kappa shape index (κ1) is 14.8. The molecular formula is C15H22N2O3S. The van der Waals surface area contributed by atoms with E-state index in [9.17, 15) is 13.5 Å². The highest BCUT2D eigenvalue weighted by Crippen LogP contribution is 2.41. The van der Waals surface area contributed by atoms with Gasteiger partial charge in [0, 0.05) is 24.7 Å². The fourth-order valence-electron chi connectivity index (χ4n) is 3.58. The van der Waals surface area contributed by atoms with Gasteiger partial charge in [0.1, 0.15) is 0 Å². The van der Waals surface area contributed by atoms with Gasteiger partial charge in [-0.25, -0.2) is 8.42 Å². The van der Waals surface area contributed by atoms with E-state index in [1.807, 2.05) is 0 Å². The van der Waals surface area contributed by atoms with Gasteiger partial charge in [-0.05, 0) is 37.5 Å². The molecular weight excluding hydrogens is 288 g/mol. The normalized spacial score (nSPS) is 30.8. The van der Waals surface area contributed by atoms with E-state index >= 15 is 0 Å². The molecule has 2 unspecified atom stereocenters. The summed E-state index contributed by atoms with van der Waals surface area (Å²) in [6.45, 7) is 0.789. The minimum absolute atomic E-state index is 0.0517. The van der Waals surface area contributed by atoms with Crippen LogP contribution in [0.2, 0.25) is 0 Å². The van der Waals surface area contributed by atoms with E-state index in [0.717, 1.165) is 25.7 Å². The second-order valence-corrected chi connectivity index (χ2v) is 8.17. The van der Waals surface area contributed by atoms with E-state index in [4.69, 9.17) is 5.73 Å². The van der Waals surface area contributed by atoms with Gasteiger partial charge in [-0.1, -0.05) is 18.9 Å². The Morgan fingerprint density at radius 3 is 2.86 bits per heavy atom. The van der Waals surface area contributed by atoms with Crippen molar-refractivity contribution in [3.05, 3.63) is 24.3 Å². The molecule has 1 saturated carbocycles. The minimum atomic E-state index is -3.52. The van der Waals surface area contributed by atoms with Crippen LogP contribution in [0.4, 0.5) is 5.69 Å². The van der Waals surface area contributed by atoms with Gasteiger partial charge >= 0.3 is 0 Å². The van der Waals surface area contributed by atoms with Crippen molar-refractivity contribution in [3.63, 3.8) is 0 Å². The number of nitrogen functional groups attached to an aromatic ring is 1. The fourth-order valence-corrected chi connectivity index (χ4v) is 5.12. The van der Waals surface area contributed by atoms with Crippen LogP contribution in [-0.2, 0) is 10.0 Å². The molecule has 3 rings (SSSR count). The van der Waals surface area contributed by atoms with Crippen LogP contribution in [0.5, 0.6) is 0 Å². The molecule has 1 aliphatic carbocycles. The lowest BCUT2D eigenvalue weighted by molar-refractivity contribution is -0.0816. The van der Waals surface area contributed by atoms with Crippen LogP contribution in [0, 0.1) is 5.92 Å². The average molecular weight is 310 g/mol. The lowest BCUT2D eigenvalue weighted by Crippen LogP contribution is -2.54. The molecule has 2 aliphatic rings. The fraction of sp³-hybridized carbons (Fsp3) is 0.600. The summed E-state index contributed by atoms with van der Waals surface area (Å²) in [4.78, 5) is 0.240. The molecule has 5 nitrogen and oxygen atoms in total. The smallest absolute Gasteiger partial charge is 0.243 e. The van der Waals surface area contributed by atoms with Crippen LogP contribution < -0.4 is 5.73 Å². The second kappa shape index (κ2) is 5.26. The molecule has 1 aromatic carbocycles. The Bertz CT molecular complexity index is 632. The number of aliphatic hydroxyl groups is 1. The monoisotopic (exact) mass is 310 g/mol. The van der Waals surface area contributed by atoms with Gasteiger partial charge < -0.3 is 10.8 Å². The van der Waals surface area contributed by atoms with Crippen molar-refractivity contribution in [3.8, 4) is 0 Å². The largest absolute Gasteiger partial charge is 0.399 e. The summed E-state index contributed by atoms with van der Waals surface area (Å²) in [5.41, 5.74) is 5.47. The lowest BCUT2D eigenvalue weighted by Gasteiger charge is -2.46. The van der Waals surface area contributed by atoms with Crippen molar-refractivity contribution in [2.75, 3.05) is 18.8 Å². The quantitative estimate of drug-likeness (QED) is 0.812. The summed E-state index contributed by atoms with van der Waals surface area (Å²) in [5.74, 6) is 0.0517. The Morgan fingerprint density at radius 1 is 1.29 bits per heavy atom. The summed E-state index contributed by atoms with van der Waals surface area (Å²) in [6, 6.07) is 6.41. The highest BCUT2D eigenvalue weighted by Gasteiger charge is 2.45. The summed E-state index contributed by atoms with van der Waals surface area (Å²) in [7, 11) is -3.52. The Morgan fingerprint density at radius 2 is 2.10 bits per heavy atom. The first-order chi connectivity index (χ1) is 9.92. The zero-order chi connectivity index (χ0) is 15.1. The van der Waals surface area contributed by atoms with Crippen LogP contribution in [0.3, 0.4) is 0 Å². The van der Waals surface area contributed by atoms with Gasteiger partial charge in [-0.2, -0.15) is 4.31 Å². The van der Waals surface area contributed by atoms with E-state index in [0.29, 0.717) is 25.2 Å². The van der Waals surface area contributed by atoms with Crippen molar-refractivity contribution >= 4 is 15.7 Å². The third kappa shape index (κ3) is 2.67. The summed E-state index contributed by atoms with van der Waals surface area (Å²) in [5, 5.41) is 10.6. The number of nitrogens with zero attached hydrogens (tertiary/aromatic N) is 1. The number of anilines is 1. The van der Waals surface area contributed by atoms with E-state index < -0.39 is 15.6 Å². The number of rotatable bonds is 2. The van der Waals surface area contributed by atoms with Crippen LogP contribution >= 0.6 is 0 Å². The number of fused-ring (bicyclic) bond motifs is 1. The molecule has 1 aromatic rings. The maximum atomic E-state index is 12.7. The molecule has 1 aliphatic heterocycles. The molecule has 2 fully saturated rings. The molecule has 116 valence electrons. The average Bonchev–Trinajstić information content (AvgIpc) is 2.46. The predicted molar refractivity (Wildman–Crippen MR) is 81.1 cm³/mol. The second-order valence-electron chi connectivity index (χ2n) is 6.23. The number of piperidine rings is 1. The maximum absolute atomic E-state index is 12.7. The zero-order valence-corrected chi connectivity index (χ0v) is 12.8. The number of sulfonamides is 1. The highest BCUT2D eigenvalue weighted by atomic mass is 32.2. The molecule has 0 radical (unpaired) electrons. The van der Waals surface area contributed by atoms with Gasteiger partial charge in [0.2, 0.25) is 10.0 Å². The third-order valence-corrected chi connectivity index (χ3v) is 6.75. The van der Waals surface area contributed by atoms with Crippen LogP contribution in [0.25, 0.3) is 0 Å². The standard InChI is InChI=1S/C15H22N2O3S/c16-13-5-3-6-14(10-13)21(19,20)17-9-8-15(18)7-2-1-4-12(15)11-17/h3,5-6,10,12,18H,1-2,4,7-9,11,16H2. The summed E-state index contributed by atoms with van der Waals surface area (Å²) in [6.07, 6.45) is 4.33. The van der Waals surface area contributed by atoms with E-state index in [1.165, 1.54) is 10.4 Å². The van der Waals surface area contributed by atoms with E-state index in [-0.39, 0.29) is 10.8 Å². The number of nitrogens with two attached hydrogens (primary N) is 1. The maximum Gasteiger partial charge on any atom is 0.243 e. The molecule has 21 heavy (non-hydrogen) atoms. The Labute approximate surface area is 125 Å². The Balaban J connectivity index is 1.84. The predicted octanol–water partition coefficient (Wildman–Crippen LogP) is 1.58. The number of hydrogen-bond acceptors (Lipinski definition) is 4. The summed E-state index contributed by atoms with van der Waals surface area (Å²) < 4.78 is 26.9. The minimum Gasteiger partial charge on any atom is -0.399 e. The Kier molecular flexibility index (Phi) is 3.71. The molecule has 0 spiro atoms. The molecule has 6 heteroatoms. The molecule has 0 amide bonds. The Hall–Kier alpha value is -1.11. The molecule has 1 heterocycles. The first-order valence-electron chi connectivity index (χ1n) is 7.50. The molecule has 0 aromatic heterocycles. The molecule has 0 bridgehead atoms. The van der Waals surface area contributed by atoms with Gasteiger partial charge in [0.05, 0.1) is 10.5 Å². The topological polar surface area (TPSA) is 83.6 Å². The van der Waals surface area contributed by atoms with Gasteiger partial charge in [0.25, 0.3) is 0 Å². The zero-order valence-electron chi connectivity index (χ0n) is 12.0. The number of hydrogen-bond donors (Lipinski definition) is 2. The van der Waals surface area contributed by atoms with Crippen LogP contribution in [0.15, 0.2) is 29.2 Å². The molecule has 2 atom stereocenters. The molecule has 3 N–H and O–H groups in total. The highest BCUT2D eigenvalue weighted by molar-refractivity contribution is 7.89. The van der Waals surface area contributed by atoms with Gasteiger partial charge in [0.15, 0.2) is 0 Å². The van der Waals surface area contributed by atoms with Crippen molar-refractivity contribution < 1.29 is 13.5 Å². The van der Waals surface area contributed by atoms with Crippen LogP contribution in [0.1, 0.15) is 32.1 Å². The SMILES string of the molecule is Nc1cccc(S(=O)(=O)N2CCC3(O)CCCCC3C2)c1. The lowest BCUT2D eigenvalue weighted by atomic mass is 9.72. The van der Waals surface area contributed by atoms with Crippen molar-refractivity contribution in [1.82, 2.24) is 4.31 Å². The number of benzene rings is 1.